The monoisotopic (exact) mass is 352 g/mol. The van der Waals surface area contributed by atoms with Gasteiger partial charge in [0.25, 0.3) is 5.91 Å². The minimum atomic E-state index is -1.02. The molecule has 0 saturated carbocycles. The smallest absolute Gasteiger partial charge is 0.251 e. The van der Waals surface area contributed by atoms with Crippen LogP contribution in [0.2, 0.25) is 0 Å². The number of carbonyl (C=O) groups excluding carboxylic acids is 2. The number of hydrogen-bond acceptors (Lipinski definition) is 5. The van der Waals surface area contributed by atoms with E-state index < -0.39 is 17.7 Å². The van der Waals surface area contributed by atoms with Gasteiger partial charge in [0.2, 0.25) is 5.91 Å². The van der Waals surface area contributed by atoms with E-state index in [9.17, 15) is 9.59 Å². The Labute approximate surface area is 150 Å². The number of pyridine rings is 1. The molecule has 6 nitrogen and oxygen atoms in total. The molecule has 1 aliphatic heterocycles. The van der Waals surface area contributed by atoms with E-state index in [1.54, 1.807) is 18.3 Å². The summed E-state index contributed by atoms with van der Waals surface area (Å²) in [6.45, 7) is 2.25. The Hall–Kier alpha value is -2.93. The van der Waals surface area contributed by atoms with Crippen molar-refractivity contribution in [1.82, 2.24) is 10.3 Å². The Morgan fingerprint density at radius 1 is 1.24 bits per heavy atom. The molecule has 0 aliphatic carbocycles. The Balaban J connectivity index is 1.79. The molecule has 3 rings (SSSR count). The molecule has 0 spiro atoms. The molecule has 1 aromatic heterocycles. The molecule has 1 atom stereocenters. The molecule has 0 unspecified atom stereocenters. The average Bonchev–Trinajstić information content (AvgIpc) is 2.60. The summed E-state index contributed by atoms with van der Waals surface area (Å²) in [4.78, 5) is 34.6. The quantitative estimate of drug-likeness (QED) is 0.519. The highest BCUT2D eigenvalue weighted by molar-refractivity contribution is 7.80. The van der Waals surface area contributed by atoms with Gasteiger partial charge in [-0.15, -0.1) is 0 Å². The molecule has 2 amide bonds. The number of aromatic nitrogens is 1. The summed E-state index contributed by atoms with van der Waals surface area (Å²) in [5.74, 6) is -1.90. The zero-order chi connectivity index (χ0) is 17.8. The number of carbonyl (C=O) groups is 2. The van der Waals surface area contributed by atoms with E-state index in [1.165, 1.54) is 11.1 Å². The van der Waals surface area contributed by atoms with Gasteiger partial charge in [-0.2, -0.15) is 0 Å². The van der Waals surface area contributed by atoms with Crippen molar-refractivity contribution in [2.24, 2.45) is 10.9 Å². The van der Waals surface area contributed by atoms with Crippen LogP contribution in [0.1, 0.15) is 11.3 Å². The SMILES string of the molecule is Cc1ccc(N2C(=O)[C@H](C=NCc3ccccn3)C(=O)NC2=S)cc1. The molecule has 0 radical (unpaired) electrons. The van der Waals surface area contributed by atoms with E-state index in [1.807, 2.05) is 37.3 Å². The number of thiocarbonyl (C=S) groups is 1. The van der Waals surface area contributed by atoms with Crippen LogP contribution < -0.4 is 10.2 Å². The molecule has 2 aromatic rings. The lowest BCUT2D eigenvalue weighted by Crippen LogP contribution is -2.58. The summed E-state index contributed by atoms with van der Waals surface area (Å²) in [6, 6.07) is 12.8. The number of aliphatic imine (C=N–C) groups is 1. The maximum absolute atomic E-state index is 12.7. The first-order chi connectivity index (χ1) is 12.1. The van der Waals surface area contributed by atoms with Gasteiger partial charge in [-0.1, -0.05) is 23.8 Å². The third kappa shape index (κ3) is 3.77. The van der Waals surface area contributed by atoms with E-state index in [4.69, 9.17) is 12.2 Å². The van der Waals surface area contributed by atoms with Gasteiger partial charge < -0.3 is 5.32 Å². The van der Waals surface area contributed by atoms with E-state index in [-0.39, 0.29) is 5.11 Å². The fraction of sp³-hybridized carbons (Fsp3) is 0.167. The van der Waals surface area contributed by atoms with Crippen molar-refractivity contribution >= 4 is 41.0 Å². The normalized spacial score (nSPS) is 17.9. The van der Waals surface area contributed by atoms with Gasteiger partial charge in [0.1, 0.15) is 0 Å². The second kappa shape index (κ2) is 7.31. The molecule has 1 aliphatic rings. The molecular weight excluding hydrogens is 336 g/mol. The molecule has 2 heterocycles. The lowest BCUT2D eigenvalue weighted by atomic mass is 10.1. The third-order valence-corrected chi connectivity index (χ3v) is 4.01. The van der Waals surface area contributed by atoms with Crippen LogP contribution in [0.15, 0.2) is 53.7 Å². The number of amides is 2. The van der Waals surface area contributed by atoms with E-state index in [2.05, 4.69) is 15.3 Å². The topological polar surface area (TPSA) is 74.7 Å². The summed E-state index contributed by atoms with van der Waals surface area (Å²) in [5.41, 5.74) is 2.44. The number of nitrogens with one attached hydrogen (secondary N) is 1. The van der Waals surface area contributed by atoms with Crippen molar-refractivity contribution in [2.45, 2.75) is 13.5 Å². The molecule has 25 heavy (non-hydrogen) atoms. The second-order valence-electron chi connectivity index (χ2n) is 5.59. The van der Waals surface area contributed by atoms with Gasteiger partial charge in [0.05, 0.1) is 17.9 Å². The zero-order valence-electron chi connectivity index (χ0n) is 13.5. The van der Waals surface area contributed by atoms with Crippen LogP contribution in [0, 0.1) is 12.8 Å². The maximum Gasteiger partial charge on any atom is 0.251 e. The highest BCUT2D eigenvalue weighted by atomic mass is 32.1. The molecular formula is C18H16N4O2S. The molecule has 7 heteroatoms. The van der Waals surface area contributed by atoms with Gasteiger partial charge in [-0.05, 0) is 43.4 Å². The Kier molecular flexibility index (Phi) is 4.95. The van der Waals surface area contributed by atoms with Crippen LogP contribution in [0.25, 0.3) is 0 Å². The van der Waals surface area contributed by atoms with Crippen molar-refractivity contribution in [3.05, 3.63) is 59.9 Å². The molecule has 0 bridgehead atoms. The fourth-order valence-electron chi connectivity index (χ4n) is 2.40. The van der Waals surface area contributed by atoms with E-state index in [0.717, 1.165) is 11.3 Å². The Morgan fingerprint density at radius 2 is 2.00 bits per heavy atom. The number of benzene rings is 1. The summed E-state index contributed by atoms with van der Waals surface area (Å²) in [5, 5.41) is 2.64. The van der Waals surface area contributed by atoms with Crippen LogP contribution in [0.5, 0.6) is 0 Å². The predicted molar refractivity (Wildman–Crippen MR) is 99.3 cm³/mol. The van der Waals surface area contributed by atoms with Crippen molar-refractivity contribution in [2.75, 3.05) is 4.90 Å². The zero-order valence-corrected chi connectivity index (χ0v) is 14.4. The predicted octanol–water partition coefficient (Wildman–Crippen LogP) is 2.02. The van der Waals surface area contributed by atoms with Gasteiger partial charge in [-0.25, -0.2) is 0 Å². The van der Waals surface area contributed by atoms with Crippen molar-refractivity contribution in [3.8, 4) is 0 Å². The average molecular weight is 352 g/mol. The minimum absolute atomic E-state index is 0.0771. The van der Waals surface area contributed by atoms with Gasteiger partial charge in [-0.3, -0.25) is 24.5 Å². The van der Waals surface area contributed by atoms with E-state index >= 15 is 0 Å². The largest absolute Gasteiger partial charge is 0.301 e. The number of anilines is 1. The van der Waals surface area contributed by atoms with Crippen LogP contribution in [-0.2, 0) is 16.1 Å². The molecule has 1 aromatic carbocycles. The van der Waals surface area contributed by atoms with Crippen LogP contribution in [0.3, 0.4) is 0 Å². The first-order valence-electron chi connectivity index (χ1n) is 7.71. The highest BCUT2D eigenvalue weighted by Gasteiger charge is 2.38. The lowest BCUT2D eigenvalue weighted by Gasteiger charge is -2.30. The van der Waals surface area contributed by atoms with Crippen LogP contribution in [-0.4, -0.2) is 28.1 Å². The number of hydrogen-bond donors (Lipinski definition) is 1. The molecule has 1 fully saturated rings. The van der Waals surface area contributed by atoms with Crippen LogP contribution in [0.4, 0.5) is 5.69 Å². The first-order valence-corrected chi connectivity index (χ1v) is 8.12. The lowest BCUT2D eigenvalue weighted by molar-refractivity contribution is -0.130. The molecule has 1 saturated heterocycles. The summed E-state index contributed by atoms with van der Waals surface area (Å²) >= 11 is 5.16. The van der Waals surface area contributed by atoms with Gasteiger partial charge >= 0.3 is 0 Å². The number of rotatable bonds is 4. The van der Waals surface area contributed by atoms with E-state index in [0.29, 0.717) is 12.2 Å². The second-order valence-corrected chi connectivity index (χ2v) is 5.98. The van der Waals surface area contributed by atoms with Crippen LogP contribution >= 0.6 is 12.2 Å². The molecule has 1 N–H and O–H groups in total. The highest BCUT2D eigenvalue weighted by Crippen LogP contribution is 2.20. The molecule has 126 valence electrons. The fourth-order valence-corrected chi connectivity index (χ4v) is 2.70. The number of nitrogens with zero attached hydrogens (tertiary/aromatic N) is 3. The Morgan fingerprint density at radius 3 is 2.68 bits per heavy atom. The number of aryl methyl sites for hydroxylation is 1. The summed E-state index contributed by atoms with van der Waals surface area (Å²) < 4.78 is 0. The third-order valence-electron chi connectivity index (χ3n) is 3.73. The minimum Gasteiger partial charge on any atom is -0.301 e. The summed E-state index contributed by atoms with van der Waals surface area (Å²) in [6.07, 6.45) is 3.02. The van der Waals surface area contributed by atoms with Crippen molar-refractivity contribution < 1.29 is 9.59 Å². The summed E-state index contributed by atoms with van der Waals surface area (Å²) in [7, 11) is 0. The first kappa shape index (κ1) is 16.9. The van der Waals surface area contributed by atoms with Gasteiger partial charge in [0, 0.05) is 12.4 Å². The van der Waals surface area contributed by atoms with Gasteiger partial charge in [0.15, 0.2) is 11.0 Å². The Bertz CT molecular complexity index is 834. The maximum atomic E-state index is 12.7. The van der Waals surface area contributed by atoms with Crippen molar-refractivity contribution in [1.29, 1.82) is 0 Å². The standard InChI is InChI=1S/C18H16N4O2S/c1-12-5-7-14(8-6-12)22-17(24)15(16(23)21-18(22)25)11-19-10-13-4-2-3-9-20-13/h2-9,11,15H,10H2,1H3,(H,21,23,25)/t15-/m1/s1. The van der Waals surface area contributed by atoms with Crippen molar-refractivity contribution in [3.63, 3.8) is 0 Å².